The molecule has 2 aromatic rings. The molecule has 3 heterocycles. The zero-order chi connectivity index (χ0) is 14.8. The van der Waals surface area contributed by atoms with Gasteiger partial charge in [-0.15, -0.1) is 0 Å². The SMILES string of the molecule is CCCNc1nc(N2CC(C)SC(C)C2)c2cn[nH]c2n1. The first-order valence-electron chi connectivity index (χ1n) is 7.52. The predicted molar refractivity (Wildman–Crippen MR) is 89.2 cm³/mol. The van der Waals surface area contributed by atoms with E-state index in [1.807, 2.05) is 18.0 Å². The fourth-order valence-electron chi connectivity index (χ4n) is 2.73. The van der Waals surface area contributed by atoms with Gasteiger partial charge in [0.25, 0.3) is 0 Å². The minimum Gasteiger partial charge on any atom is -0.354 e. The van der Waals surface area contributed by atoms with E-state index in [0.29, 0.717) is 16.4 Å². The predicted octanol–water partition coefficient (Wildman–Crippen LogP) is 2.50. The van der Waals surface area contributed by atoms with Crippen LogP contribution in [0.4, 0.5) is 11.8 Å². The van der Waals surface area contributed by atoms with Crippen LogP contribution in [0.1, 0.15) is 27.2 Å². The monoisotopic (exact) mass is 306 g/mol. The van der Waals surface area contributed by atoms with Gasteiger partial charge in [-0.1, -0.05) is 20.8 Å². The lowest BCUT2D eigenvalue weighted by Gasteiger charge is -2.35. The van der Waals surface area contributed by atoms with Gasteiger partial charge < -0.3 is 10.2 Å². The highest BCUT2D eigenvalue weighted by Crippen LogP contribution is 2.31. The van der Waals surface area contributed by atoms with E-state index < -0.39 is 0 Å². The maximum absolute atomic E-state index is 4.74. The number of H-pyrrole nitrogens is 1. The zero-order valence-electron chi connectivity index (χ0n) is 12.8. The normalized spacial score (nSPS) is 22.7. The number of nitrogens with one attached hydrogen (secondary N) is 2. The van der Waals surface area contributed by atoms with Crippen molar-refractivity contribution in [2.24, 2.45) is 0 Å². The number of hydrogen-bond donors (Lipinski definition) is 2. The second kappa shape index (κ2) is 6.09. The van der Waals surface area contributed by atoms with E-state index in [2.05, 4.69) is 46.2 Å². The van der Waals surface area contributed by atoms with Crippen LogP contribution in [0.2, 0.25) is 0 Å². The Balaban J connectivity index is 1.97. The van der Waals surface area contributed by atoms with Gasteiger partial charge in [-0.3, -0.25) is 5.10 Å². The molecule has 21 heavy (non-hydrogen) atoms. The van der Waals surface area contributed by atoms with Crippen molar-refractivity contribution >= 4 is 34.6 Å². The first-order valence-corrected chi connectivity index (χ1v) is 8.47. The lowest BCUT2D eigenvalue weighted by atomic mass is 10.3. The van der Waals surface area contributed by atoms with Crippen molar-refractivity contribution in [2.45, 2.75) is 37.7 Å². The maximum Gasteiger partial charge on any atom is 0.226 e. The van der Waals surface area contributed by atoms with Crippen LogP contribution >= 0.6 is 11.8 Å². The molecule has 1 fully saturated rings. The Morgan fingerprint density at radius 1 is 1.33 bits per heavy atom. The topological polar surface area (TPSA) is 69.7 Å². The Morgan fingerprint density at radius 3 is 2.81 bits per heavy atom. The van der Waals surface area contributed by atoms with Crippen LogP contribution in [0, 0.1) is 0 Å². The molecule has 0 aliphatic carbocycles. The molecule has 1 saturated heterocycles. The van der Waals surface area contributed by atoms with Crippen molar-refractivity contribution < 1.29 is 0 Å². The van der Waals surface area contributed by atoms with Gasteiger partial charge in [0.2, 0.25) is 5.95 Å². The third-order valence-electron chi connectivity index (χ3n) is 3.54. The summed E-state index contributed by atoms with van der Waals surface area (Å²) in [5.41, 5.74) is 0.803. The number of anilines is 2. The molecule has 6 nitrogen and oxygen atoms in total. The summed E-state index contributed by atoms with van der Waals surface area (Å²) >= 11 is 2.04. The summed E-state index contributed by atoms with van der Waals surface area (Å²) in [6.45, 7) is 9.59. The second-order valence-electron chi connectivity index (χ2n) is 5.59. The zero-order valence-corrected chi connectivity index (χ0v) is 13.6. The molecule has 0 spiro atoms. The van der Waals surface area contributed by atoms with Gasteiger partial charge in [-0.05, 0) is 6.42 Å². The maximum atomic E-state index is 4.74. The molecule has 1 aliphatic rings. The molecule has 0 radical (unpaired) electrons. The number of nitrogens with zero attached hydrogens (tertiary/aromatic N) is 4. The summed E-state index contributed by atoms with van der Waals surface area (Å²) in [6.07, 6.45) is 2.87. The van der Waals surface area contributed by atoms with E-state index in [0.717, 1.165) is 42.9 Å². The molecule has 7 heteroatoms. The minimum absolute atomic E-state index is 0.609. The van der Waals surface area contributed by atoms with Crippen molar-refractivity contribution in [3.8, 4) is 0 Å². The molecule has 0 aromatic carbocycles. The Bertz CT molecular complexity index is 603. The van der Waals surface area contributed by atoms with Gasteiger partial charge in [0, 0.05) is 30.1 Å². The van der Waals surface area contributed by atoms with Crippen molar-refractivity contribution in [3.63, 3.8) is 0 Å². The number of thioether (sulfide) groups is 1. The van der Waals surface area contributed by atoms with Crippen LogP contribution in [0.5, 0.6) is 0 Å². The Labute approximate surface area is 129 Å². The number of aromatic amines is 1. The summed E-state index contributed by atoms with van der Waals surface area (Å²) < 4.78 is 0. The fraction of sp³-hybridized carbons (Fsp3) is 0.643. The van der Waals surface area contributed by atoms with Crippen LogP contribution in [0.25, 0.3) is 11.0 Å². The van der Waals surface area contributed by atoms with Crippen LogP contribution in [0.3, 0.4) is 0 Å². The summed E-state index contributed by atoms with van der Waals surface area (Å²) in [5.74, 6) is 1.67. The van der Waals surface area contributed by atoms with Crippen LogP contribution < -0.4 is 10.2 Å². The molecular weight excluding hydrogens is 284 g/mol. The smallest absolute Gasteiger partial charge is 0.226 e. The van der Waals surface area contributed by atoms with Crippen molar-refractivity contribution in [3.05, 3.63) is 6.20 Å². The molecule has 0 saturated carbocycles. The molecule has 2 unspecified atom stereocenters. The number of hydrogen-bond acceptors (Lipinski definition) is 6. The largest absolute Gasteiger partial charge is 0.354 e. The molecule has 1 aliphatic heterocycles. The molecule has 0 amide bonds. The standard InChI is InChI=1S/C14H22N6S/c1-4-5-15-14-17-12-11(6-16-19-12)13(18-14)20-7-9(2)21-10(3)8-20/h6,9-10H,4-5,7-8H2,1-3H3,(H2,15,16,17,18,19). The summed E-state index contributed by atoms with van der Waals surface area (Å²) in [4.78, 5) is 11.6. The Morgan fingerprint density at radius 2 is 2.10 bits per heavy atom. The van der Waals surface area contributed by atoms with Gasteiger partial charge in [0.15, 0.2) is 5.65 Å². The van der Waals surface area contributed by atoms with Crippen molar-refractivity contribution in [1.82, 2.24) is 20.2 Å². The number of rotatable bonds is 4. The summed E-state index contributed by atoms with van der Waals surface area (Å²) in [7, 11) is 0. The Kier molecular flexibility index (Phi) is 4.19. The quantitative estimate of drug-likeness (QED) is 0.904. The van der Waals surface area contributed by atoms with Gasteiger partial charge in [0.1, 0.15) is 5.82 Å². The van der Waals surface area contributed by atoms with E-state index >= 15 is 0 Å². The summed E-state index contributed by atoms with van der Waals surface area (Å²) in [6, 6.07) is 0. The third kappa shape index (κ3) is 3.07. The van der Waals surface area contributed by atoms with Gasteiger partial charge in [-0.25, -0.2) is 0 Å². The van der Waals surface area contributed by atoms with E-state index in [1.54, 1.807) is 0 Å². The second-order valence-corrected chi connectivity index (χ2v) is 7.47. The average molecular weight is 306 g/mol. The minimum atomic E-state index is 0.609. The lowest BCUT2D eigenvalue weighted by Crippen LogP contribution is -2.41. The van der Waals surface area contributed by atoms with Crippen LogP contribution in [0.15, 0.2) is 6.20 Å². The molecule has 0 bridgehead atoms. The first-order chi connectivity index (χ1) is 10.2. The molecular formula is C14H22N6S. The number of fused-ring (bicyclic) bond motifs is 1. The first kappa shape index (κ1) is 14.4. The van der Waals surface area contributed by atoms with Crippen molar-refractivity contribution in [2.75, 3.05) is 29.9 Å². The van der Waals surface area contributed by atoms with E-state index in [1.165, 1.54) is 0 Å². The van der Waals surface area contributed by atoms with Gasteiger partial charge >= 0.3 is 0 Å². The molecule has 114 valence electrons. The molecule has 2 N–H and O–H groups in total. The fourth-order valence-corrected chi connectivity index (χ4v) is 4.05. The van der Waals surface area contributed by atoms with E-state index in [4.69, 9.17) is 4.98 Å². The van der Waals surface area contributed by atoms with E-state index in [9.17, 15) is 0 Å². The third-order valence-corrected chi connectivity index (χ3v) is 4.77. The van der Waals surface area contributed by atoms with Gasteiger partial charge in [0.05, 0.1) is 11.6 Å². The van der Waals surface area contributed by atoms with E-state index in [-0.39, 0.29) is 0 Å². The highest BCUT2D eigenvalue weighted by molar-refractivity contribution is 8.00. The highest BCUT2D eigenvalue weighted by atomic mass is 32.2. The number of aromatic nitrogens is 4. The molecule has 2 atom stereocenters. The average Bonchev–Trinajstić information content (AvgIpc) is 2.91. The van der Waals surface area contributed by atoms with Crippen molar-refractivity contribution in [1.29, 1.82) is 0 Å². The summed E-state index contributed by atoms with van der Waals surface area (Å²) in [5, 5.41) is 12.6. The molecule has 2 aromatic heterocycles. The van der Waals surface area contributed by atoms with Gasteiger partial charge in [-0.2, -0.15) is 26.8 Å². The lowest BCUT2D eigenvalue weighted by molar-refractivity contribution is 0.720. The highest BCUT2D eigenvalue weighted by Gasteiger charge is 2.25. The van der Waals surface area contributed by atoms with Crippen LogP contribution in [-0.2, 0) is 0 Å². The Hall–Kier alpha value is -1.50. The van der Waals surface area contributed by atoms with Crippen LogP contribution in [-0.4, -0.2) is 50.3 Å². The molecule has 3 rings (SSSR count).